The number of aliphatic hydroxyl groups is 1. The number of hydrogen-bond acceptors (Lipinski definition) is 3. The molecule has 1 aliphatic heterocycles. The first-order chi connectivity index (χ1) is 9.33. The molecule has 2 aliphatic rings. The van der Waals surface area contributed by atoms with E-state index in [1.165, 1.54) is 5.56 Å². The van der Waals surface area contributed by atoms with Gasteiger partial charge in [-0.15, -0.1) is 0 Å². The van der Waals surface area contributed by atoms with Gasteiger partial charge in [0.25, 0.3) is 0 Å². The molecular formula is C16H22O3. The number of aryl methyl sites for hydroxylation is 1. The van der Waals surface area contributed by atoms with E-state index in [1.54, 1.807) is 0 Å². The second-order valence-electron chi connectivity index (χ2n) is 5.64. The Balaban J connectivity index is 1.63. The maximum atomic E-state index is 10.0. The number of benzene rings is 1. The molecule has 19 heavy (non-hydrogen) atoms. The molecule has 0 spiro atoms. The molecule has 1 aromatic rings. The van der Waals surface area contributed by atoms with Crippen LogP contribution in [0.1, 0.15) is 42.9 Å². The molecule has 3 nitrogen and oxygen atoms in total. The SMILES string of the molecule is OC1CCCc2ccc(OCC3CCOCC3)cc21. The van der Waals surface area contributed by atoms with Gasteiger partial charge in [0, 0.05) is 13.2 Å². The molecule has 1 unspecified atom stereocenters. The van der Waals surface area contributed by atoms with Crippen molar-refractivity contribution in [3.8, 4) is 5.75 Å². The second-order valence-corrected chi connectivity index (χ2v) is 5.64. The maximum absolute atomic E-state index is 10.0. The van der Waals surface area contributed by atoms with Gasteiger partial charge in [-0.1, -0.05) is 6.07 Å². The van der Waals surface area contributed by atoms with Gasteiger partial charge in [-0.3, -0.25) is 0 Å². The highest BCUT2D eigenvalue weighted by Crippen LogP contribution is 2.32. The molecule has 1 atom stereocenters. The first kappa shape index (κ1) is 12.9. The Bertz CT molecular complexity index is 424. The Morgan fingerprint density at radius 3 is 2.89 bits per heavy atom. The number of hydrogen-bond donors (Lipinski definition) is 1. The van der Waals surface area contributed by atoms with E-state index < -0.39 is 0 Å². The van der Waals surface area contributed by atoms with Gasteiger partial charge in [-0.05, 0) is 61.3 Å². The largest absolute Gasteiger partial charge is 0.493 e. The van der Waals surface area contributed by atoms with Crippen molar-refractivity contribution in [3.05, 3.63) is 29.3 Å². The first-order valence-electron chi connectivity index (χ1n) is 7.34. The zero-order valence-corrected chi connectivity index (χ0v) is 11.3. The minimum absolute atomic E-state index is 0.310. The van der Waals surface area contributed by atoms with E-state index >= 15 is 0 Å². The lowest BCUT2D eigenvalue weighted by Crippen LogP contribution is -2.21. The van der Waals surface area contributed by atoms with E-state index in [-0.39, 0.29) is 6.10 Å². The van der Waals surface area contributed by atoms with Crippen LogP contribution in [-0.2, 0) is 11.2 Å². The Hall–Kier alpha value is -1.06. The summed E-state index contributed by atoms with van der Waals surface area (Å²) in [5.74, 6) is 1.50. The quantitative estimate of drug-likeness (QED) is 0.910. The highest BCUT2D eigenvalue weighted by Gasteiger charge is 2.19. The minimum atomic E-state index is -0.310. The van der Waals surface area contributed by atoms with Crippen LogP contribution >= 0.6 is 0 Å². The average molecular weight is 262 g/mol. The van der Waals surface area contributed by atoms with E-state index in [4.69, 9.17) is 9.47 Å². The average Bonchev–Trinajstić information content (AvgIpc) is 2.47. The molecule has 0 aromatic heterocycles. The number of fused-ring (bicyclic) bond motifs is 1. The normalized spacial score (nSPS) is 23.9. The third kappa shape index (κ3) is 3.10. The second kappa shape index (κ2) is 5.93. The van der Waals surface area contributed by atoms with Gasteiger partial charge in [-0.2, -0.15) is 0 Å². The van der Waals surface area contributed by atoms with Crippen molar-refractivity contribution >= 4 is 0 Å². The lowest BCUT2D eigenvalue weighted by Gasteiger charge is -2.24. The molecule has 0 bridgehead atoms. The molecule has 0 saturated carbocycles. The van der Waals surface area contributed by atoms with E-state index in [9.17, 15) is 5.11 Å². The predicted octanol–water partition coefficient (Wildman–Crippen LogP) is 2.86. The number of ether oxygens (including phenoxy) is 2. The molecule has 1 heterocycles. The summed E-state index contributed by atoms with van der Waals surface area (Å²) in [7, 11) is 0. The van der Waals surface area contributed by atoms with Gasteiger partial charge in [0.15, 0.2) is 0 Å². The monoisotopic (exact) mass is 262 g/mol. The zero-order chi connectivity index (χ0) is 13.1. The number of aliphatic hydroxyl groups excluding tert-OH is 1. The fourth-order valence-corrected chi connectivity index (χ4v) is 2.97. The minimum Gasteiger partial charge on any atom is -0.493 e. The van der Waals surface area contributed by atoms with E-state index in [0.717, 1.165) is 63.2 Å². The summed E-state index contributed by atoms with van der Waals surface area (Å²) >= 11 is 0. The molecular weight excluding hydrogens is 240 g/mol. The lowest BCUT2D eigenvalue weighted by molar-refractivity contribution is 0.0497. The van der Waals surface area contributed by atoms with Crippen molar-refractivity contribution < 1.29 is 14.6 Å². The summed E-state index contributed by atoms with van der Waals surface area (Å²) in [6.07, 6.45) is 4.90. The molecule has 0 amide bonds. The summed E-state index contributed by atoms with van der Waals surface area (Å²) < 4.78 is 11.2. The van der Waals surface area contributed by atoms with Crippen LogP contribution in [0.15, 0.2) is 18.2 Å². The van der Waals surface area contributed by atoms with Crippen molar-refractivity contribution in [2.45, 2.75) is 38.2 Å². The third-order valence-corrected chi connectivity index (χ3v) is 4.23. The summed E-state index contributed by atoms with van der Waals surface area (Å²) in [5, 5.41) is 10.0. The topological polar surface area (TPSA) is 38.7 Å². The van der Waals surface area contributed by atoms with Crippen molar-refractivity contribution in [2.75, 3.05) is 19.8 Å². The van der Waals surface area contributed by atoms with E-state index in [1.807, 2.05) is 12.1 Å². The van der Waals surface area contributed by atoms with Crippen LogP contribution in [0, 0.1) is 5.92 Å². The Morgan fingerprint density at radius 1 is 1.21 bits per heavy atom. The molecule has 1 aromatic carbocycles. The molecule has 104 valence electrons. The third-order valence-electron chi connectivity index (χ3n) is 4.23. The maximum Gasteiger partial charge on any atom is 0.119 e. The van der Waals surface area contributed by atoms with E-state index in [2.05, 4.69) is 6.07 Å². The highest BCUT2D eigenvalue weighted by atomic mass is 16.5. The summed E-state index contributed by atoms with van der Waals surface area (Å²) in [4.78, 5) is 0. The van der Waals surface area contributed by atoms with Crippen molar-refractivity contribution in [3.63, 3.8) is 0 Å². The van der Waals surface area contributed by atoms with Crippen LogP contribution in [-0.4, -0.2) is 24.9 Å². The fourth-order valence-electron chi connectivity index (χ4n) is 2.97. The highest BCUT2D eigenvalue weighted by molar-refractivity contribution is 5.38. The molecule has 1 saturated heterocycles. The summed E-state index contributed by atoms with van der Waals surface area (Å²) in [5.41, 5.74) is 2.34. The van der Waals surface area contributed by atoms with Crippen LogP contribution in [0.3, 0.4) is 0 Å². The summed E-state index contributed by atoms with van der Waals surface area (Å²) in [6.45, 7) is 2.48. The van der Waals surface area contributed by atoms with Crippen LogP contribution < -0.4 is 4.74 Å². The first-order valence-corrected chi connectivity index (χ1v) is 7.34. The molecule has 1 fully saturated rings. The molecule has 1 aliphatic carbocycles. The van der Waals surface area contributed by atoms with Gasteiger partial charge in [0.1, 0.15) is 5.75 Å². The molecule has 0 radical (unpaired) electrons. The van der Waals surface area contributed by atoms with Crippen molar-refractivity contribution in [1.29, 1.82) is 0 Å². The van der Waals surface area contributed by atoms with Gasteiger partial charge < -0.3 is 14.6 Å². The van der Waals surface area contributed by atoms with Crippen LogP contribution in [0.5, 0.6) is 5.75 Å². The van der Waals surface area contributed by atoms with E-state index in [0.29, 0.717) is 5.92 Å². The van der Waals surface area contributed by atoms with Gasteiger partial charge in [0.05, 0.1) is 12.7 Å². The Labute approximate surface area is 114 Å². The Kier molecular flexibility index (Phi) is 4.04. The summed E-state index contributed by atoms with van der Waals surface area (Å²) in [6, 6.07) is 6.17. The standard InChI is InChI=1S/C16H22O3/c17-16-3-1-2-13-4-5-14(10-15(13)16)19-11-12-6-8-18-9-7-12/h4-5,10,12,16-17H,1-3,6-9,11H2. The Morgan fingerprint density at radius 2 is 2.05 bits per heavy atom. The molecule has 1 N–H and O–H groups in total. The number of rotatable bonds is 3. The lowest BCUT2D eigenvalue weighted by atomic mass is 9.89. The van der Waals surface area contributed by atoms with Crippen LogP contribution in [0.2, 0.25) is 0 Å². The van der Waals surface area contributed by atoms with Crippen molar-refractivity contribution in [1.82, 2.24) is 0 Å². The van der Waals surface area contributed by atoms with Gasteiger partial charge in [0.2, 0.25) is 0 Å². The smallest absolute Gasteiger partial charge is 0.119 e. The van der Waals surface area contributed by atoms with Crippen molar-refractivity contribution in [2.24, 2.45) is 5.92 Å². The van der Waals surface area contributed by atoms with Gasteiger partial charge in [-0.25, -0.2) is 0 Å². The van der Waals surface area contributed by atoms with Crippen LogP contribution in [0.4, 0.5) is 0 Å². The fraction of sp³-hybridized carbons (Fsp3) is 0.625. The zero-order valence-electron chi connectivity index (χ0n) is 11.3. The predicted molar refractivity (Wildman–Crippen MR) is 73.4 cm³/mol. The van der Waals surface area contributed by atoms with Gasteiger partial charge >= 0.3 is 0 Å². The molecule has 3 rings (SSSR count). The molecule has 3 heteroatoms. The van der Waals surface area contributed by atoms with Crippen LogP contribution in [0.25, 0.3) is 0 Å².